The highest BCUT2D eigenvalue weighted by molar-refractivity contribution is 7.90. The second-order valence-corrected chi connectivity index (χ2v) is 8.61. The van der Waals surface area contributed by atoms with Crippen LogP contribution in [0.1, 0.15) is 17.3 Å². The van der Waals surface area contributed by atoms with E-state index in [0.29, 0.717) is 28.3 Å². The van der Waals surface area contributed by atoms with Crippen molar-refractivity contribution in [2.24, 2.45) is 0 Å². The number of halogens is 1. The minimum Gasteiger partial charge on any atom is -0.494 e. The van der Waals surface area contributed by atoms with Gasteiger partial charge >= 0.3 is 0 Å². The molecule has 0 aliphatic carbocycles. The fraction of sp³-hybridized carbons (Fsp3) is 0.211. The SMILES string of the molecule is COc1ccc([C@@H](CO)c2nnc3cc(-c4ccnc(S(C)(=O)=O)n4)cnn23)cc1F. The molecule has 0 unspecified atom stereocenters. The Morgan fingerprint density at radius 2 is 2.03 bits per heavy atom. The molecule has 3 aromatic heterocycles. The monoisotopic (exact) mass is 444 g/mol. The van der Waals surface area contributed by atoms with Crippen LogP contribution >= 0.6 is 0 Å². The van der Waals surface area contributed by atoms with Gasteiger partial charge in [-0.1, -0.05) is 6.07 Å². The van der Waals surface area contributed by atoms with E-state index >= 15 is 0 Å². The van der Waals surface area contributed by atoms with Gasteiger partial charge in [-0.15, -0.1) is 10.2 Å². The Bertz CT molecular complexity index is 1380. The largest absolute Gasteiger partial charge is 0.494 e. The number of rotatable bonds is 6. The second kappa shape index (κ2) is 7.96. The standard InChI is InChI=1S/C19H17FN6O4S/c1-30-16-4-3-11(7-14(16)20)13(10-27)18-25-24-17-8-12(9-22-26(17)18)15-5-6-21-19(23-15)31(2,28)29/h3-9,13,27H,10H2,1-2H3/t13-/m1/s1. The minimum atomic E-state index is -3.57. The van der Waals surface area contributed by atoms with E-state index in [1.807, 2.05) is 0 Å². The lowest BCUT2D eigenvalue weighted by molar-refractivity contribution is 0.275. The lowest BCUT2D eigenvalue weighted by atomic mass is 9.99. The van der Waals surface area contributed by atoms with Crippen LogP contribution in [0.25, 0.3) is 16.9 Å². The number of aromatic nitrogens is 6. The lowest BCUT2D eigenvalue weighted by Crippen LogP contribution is -2.12. The average molecular weight is 444 g/mol. The fourth-order valence-corrected chi connectivity index (χ4v) is 3.60. The van der Waals surface area contributed by atoms with Gasteiger partial charge in [0.15, 0.2) is 23.0 Å². The molecule has 0 saturated carbocycles. The van der Waals surface area contributed by atoms with Gasteiger partial charge in [-0.3, -0.25) is 0 Å². The Balaban J connectivity index is 1.74. The molecular weight excluding hydrogens is 427 g/mol. The zero-order chi connectivity index (χ0) is 22.2. The molecule has 4 rings (SSSR count). The van der Waals surface area contributed by atoms with Gasteiger partial charge in [0.25, 0.3) is 0 Å². The number of fused-ring (bicyclic) bond motifs is 1. The highest BCUT2D eigenvalue weighted by atomic mass is 32.2. The molecule has 10 nitrogen and oxygen atoms in total. The first-order valence-corrected chi connectivity index (χ1v) is 10.9. The van der Waals surface area contributed by atoms with Gasteiger partial charge in [0.2, 0.25) is 15.0 Å². The van der Waals surface area contributed by atoms with E-state index in [-0.39, 0.29) is 17.5 Å². The van der Waals surface area contributed by atoms with Crippen LogP contribution in [0.15, 0.2) is 47.9 Å². The van der Waals surface area contributed by atoms with Crippen molar-refractivity contribution >= 4 is 15.5 Å². The molecule has 0 radical (unpaired) electrons. The Labute approximate surface area is 176 Å². The molecule has 160 valence electrons. The zero-order valence-corrected chi connectivity index (χ0v) is 17.3. The number of aliphatic hydroxyl groups excluding tert-OH is 1. The Morgan fingerprint density at radius 1 is 1.23 bits per heavy atom. The normalized spacial score (nSPS) is 12.8. The maximum Gasteiger partial charge on any atom is 0.247 e. The van der Waals surface area contributed by atoms with Crippen LogP contribution < -0.4 is 4.74 Å². The van der Waals surface area contributed by atoms with Gasteiger partial charge in [-0.25, -0.2) is 22.8 Å². The molecule has 0 aliphatic heterocycles. The van der Waals surface area contributed by atoms with Gasteiger partial charge in [0.05, 0.1) is 31.5 Å². The first kappa shape index (κ1) is 20.8. The van der Waals surface area contributed by atoms with Crippen molar-refractivity contribution < 1.29 is 22.7 Å². The molecule has 0 amide bonds. The van der Waals surface area contributed by atoms with E-state index in [2.05, 4.69) is 25.3 Å². The molecule has 31 heavy (non-hydrogen) atoms. The summed E-state index contributed by atoms with van der Waals surface area (Å²) in [6, 6.07) is 7.54. The van der Waals surface area contributed by atoms with Crippen molar-refractivity contribution in [2.45, 2.75) is 11.1 Å². The van der Waals surface area contributed by atoms with Crippen molar-refractivity contribution in [1.82, 2.24) is 29.8 Å². The number of benzene rings is 1. The van der Waals surface area contributed by atoms with Gasteiger partial charge in [0, 0.05) is 18.0 Å². The zero-order valence-electron chi connectivity index (χ0n) is 16.5. The molecule has 0 aliphatic rings. The highest BCUT2D eigenvalue weighted by Gasteiger charge is 2.22. The van der Waals surface area contributed by atoms with Gasteiger partial charge in [-0.05, 0) is 29.8 Å². The summed E-state index contributed by atoms with van der Waals surface area (Å²) in [5.41, 5.74) is 1.69. The molecule has 0 fully saturated rings. The molecule has 0 spiro atoms. The third kappa shape index (κ3) is 3.94. The number of hydrogen-bond acceptors (Lipinski definition) is 9. The van der Waals surface area contributed by atoms with E-state index in [1.54, 1.807) is 18.2 Å². The summed E-state index contributed by atoms with van der Waals surface area (Å²) in [5.74, 6) is -0.835. The molecule has 4 aromatic rings. The van der Waals surface area contributed by atoms with Crippen LogP contribution in [-0.2, 0) is 9.84 Å². The Morgan fingerprint density at radius 3 is 2.71 bits per heavy atom. The third-order valence-electron chi connectivity index (χ3n) is 4.62. The van der Waals surface area contributed by atoms with Gasteiger partial charge in [0.1, 0.15) is 0 Å². The lowest BCUT2D eigenvalue weighted by Gasteiger charge is -2.13. The number of ether oxygens (including phenoxy) is 1. The van der Waals surface area contributed by atoms with Crippen LogP contribution in [0.5, 0.6) is 5.75 Å². The summed E-state index contributed by atoms with van der Waals surface area (Å²) < 4.78 is 43.9. The maximum atomic E-state index is 14.1. The predicted molar refractivity (Wildman–Crippen MR) is 107 cm³/mol. The summed E-state index contributed by atoms with van der Waals surface area (Å²) >= 11 is 0. The van der Waals surface area contributed by atoms with Crippen molar-refractivity contribution in [3.8, 4) is 17.0 Å². The number of nitrogens with zero attached hydrogens (tertiary/aromatic N) is 6. The van der Waals surface area contributed by atoms with E-state index < -0.39 is 21.6 Å². The number of hydrogen-bond donors (Lipinski definition) is 1. The molecule has 0 bridgehead atoms. The van der Waals surface area contributed by atoms with Crippen LogP contribution in [-0.4, -0.2) is 63.3 Å². The highest BCUT2D eigenvalue weighted by Crippen LogP contribution is 2.28. The second-order valence-electron chi connectivity index (χ2n) is 6.70. The molecular formula is C19H17FN6O4S. The van der Waals surface area contributed by atoms with Crippen LogP contribution in [0, 0.1) is 5.82 Å². The predicted octanol–water partition coefficient (Wildman–Crippen LogP) is 1.26. The Hall–Kier alpha value is -3.51. The molecule has 1 N–H and O–H groups in total. The summed E-state index contributed by atoms with van der Waals surface area (Å²) in [6.45, 7) is -0.348. The maximum absolute atomic E-state index is 14.1. The summed E-state index contributed by atoms with van der Waals surface area (Å²) in [4.78, 5) is 7.83. The minimum absolute atomic E-state index is 0.0904. The first-order valence-electron chi connectivity index (χ1n) is 9.01. The van der Waals surface area contributed by atoms with Crippen molar-refractivity contribution in [1.29, 1.82) is 0 Å². The van der Waals surface area contributed by atoms with Gasteiger partial charge in [-0.2, -0.15) is 9.61 Å². The molecule has 0 saturated heterocycles. The summed E-state index contributed by atoms with van der Waals surface area (Å²) in [6.07, 6.45) is 3.84. The molecule has 12 heteroatoms. The molecule has 1 aromatic carbocycles. The third-order valence-corrected chi connectivity index (χ3v) is 5.48. The van der Waals surface area contributed by atoms with Crippen molar-refractivity contribution in [2.75, 3.05) is 20.0 Å². The topological polar surface area (TPSA) is 132 Å². The first-order chi connectivity index (χ1) is 14.8. The average Bonchev–Trinajstić information content (AvgIpc) is 3.17. The van der Waals surface area contributed by atoms with Crippen molar-refractivity contribution in [3.63, 3.8) is 0 Å². The van der Waals surface area contributed by atoms with Crippen LogP contribution in [0.2, 0.25) is 0 Å². The van der Waals surface area contributed by atoms with Crippen molar-refractivity contribution in [3.05, 3.63) is 59.9 Å². The van der Waals surface area contributed by atoms with E-state index in [9.17, 15) is 17.9 Å². The number of aliphatic hydroxyl groups is 1. The van der Waals surface area contributed by atoms with E-state index in [1.165, 1.54) is 36.2 Å². The van der Waals surface area contributed by atoms with Crippen LogP contribution in [0.3, 0.4) is 0 Å². The summed E-state index contributed by atoms with van der Waals surface area (Å²) in [7, 11) is -2.20. The Kier molecular flexibility index (Phi) is 5.33. The van der Waals surface area contributed by atoms with E-state index in [4.69, 9.17) is 4.74 Å². The summed E-state index contributed by atoms with van der Waals surface area (Å²) in [5, 5.41) is 22.1. The fourth-order valence-electron chi connectivity index (χ4n) is 3.08. The molecule has 1 atom stereocenters. The number of methoxy groups -OCH3 is 1. The molecule has 3 heterocycles. The quantitative estimate of drug-likeness (QED) is 0.436. The van der Waals surface area contributed by atoms with Gasteiger partial charge < -0.3 is 9.84 Å². The smallest absolute Gasteiger partial charge is 0.247 e. The van der Waals surface area contributed by atoms with E-state index in [0.717, 1.165) is 6.26 Å². The van der Waals surface area contributed by atoms with Crippen LogP contribution in [0.4, 0.5) is 4.39 Å². The number of sulfone groups is 1.